The fraction of sp³-hybridized carbons (Fsp3) is 0.200. The Labute approximate surface area is 94.6 Å². The van der Waals surface area contributed by atoms with Crippen LogP contribution in [0.1, 0.15) is 17.3 Å². The number of benzene rings is 1. The van der Waals surface area contributed by atoms with Crippen molar-refractivity contribution < 1.29 is 9.90 Å². The Kier molecular flexibility index (Phi) is 2.48. The second-order valence-corrected chi connectivity index (χ2v) is 3.89. The summed E-state index contributed by atoms with van der Waals surface area (Å²) in [5.41, 5.74) is 1.08. The maximum absolute atomic E-state index is 10.8. The van der Waals surface area contributed by atoms with Gasteiger partial charge in [0.25, 0.3) is 0 Å². The highest BCUT2D eigenvalue weighted by Gasteiger charge is 2.10. The Morgan fingerprint density at radius 3 is 2.93 bits per heavy atom. The molecule has 1 heterocycles. The predicted molar refractivity (Wildman–Crippen MR) is 60.1 cm³/mol. The second-order valence-electron chi connectivity index (χ2n) is 3.14. The fourth-order valence-electron chi connectivity index (χ4n) is 1.44. The largest absolute Gasteiger partial charge is 0.478 e. The van der Waals surface area contributed by atoms with Crippen LogP contribution in [0.25, 0.3) is 10.9 Å². The van der Waals surface area contributed by atoms with E-state index in [2.05, 4.69) is 21.0 Å². The molecule has 0 unspecified atom stereocenters. The van der Waals surface area contributed by atoms with E-state index in [1.807, 2.05) is 6.92 Å². The van der Waals surface area contributed by atoms with Crippen LogP contribution in [0, 0.1) is 0 Å². The van der Waals surface area contributed by atoms with Crippen molar-refractivity contribution >= 4 is 32.8 Å². The number of nitrogens with zero attached hydrogens (tertiary/aromatic N) is 2. The Balaban J connectivity index is 2.70. The smallest absolute Gasteiger partial charge is 0.335 e. The van der Waals surface area contributed by atoms with E-state index < -0.39 is 5.97 Å². The number of hydrogen-bond donors (Lipinski definition) is 1. The van der Waals surface area contributed by atoms with Gasteiger partial charge in [0.1, 0.15) is 4.60 Å². The number of fused-ring (bicyclic) bond motifs is 1. The minimum absolute atomic E-state index is 0.277. The average molecular weight is 269 g/mol. The molecule has 5 heteroatoms. The third-order valence-corrected chi connectivity index (χ3v) is 3.06. The average Bonchev–Trinajstić information content (AvgIpc) is 2.55. The summed E-state index contributed by atoms with van der Waals surface area (Å²) in [5, 5.41) is 14.0. The molecule has 0 spiro atoms. The Bertz CT molecular complexity index is 533. The zero-order valence-electron chi connectivity index (χ0n) is 8.07. The van der Waals surface area contributed by atoms with Crippen LogP contribution in [0.4, 0.5) is 0 Å². The highest BCUT2D eigenvalue weighted by atomic mass is 79.9. The van der Waals surface area contributed by atoms with Crippen molar-refractivity contribution in [3.63, 3.8) is 0 Å². The minimum Gasteiger partial charge on any atom is -0.478 e. The predicted octanol–water partition coefficient (Wildman–Crippen LogP) is 2.52. The molecular formula is C10H9BrN2O2. The van der Waals surface area contributed by atoms with Gasteiger partial charge < -0.3 is 5.11 Å². The van der Waals surface area contributed by atoms with Crippen LogP contribution in [0.3, 0.4) is 0 Å². The van der Waals surface area contributed by atoms with Crippen LogP contribution >= 0.6 is 15.9 Å². The highest BCUT2D eigenvalue weighted by Crippen LogP contribution is 2.24. The molecule has 0 saturated carbocycles. The van der Waals surface area contributed by atoms with Gasteiger partial charge in [-0.1, -0.05) is 0 Å². The number of hydrogen-bond acceptors (Lipinski definition) is 2. The quantitative estimate of drug-likeness (QED) is 0.911. The van der Waals surface area contributed by atoms with Crippen molar-refractivity contribution in [1.29, 1.82) is 0 Å². The van der Waals surface area contributed by atoms with E-state index in [1.165, 1.54) is 0 Å². The zero-order chi connectivity index (χ0) is 11.0. The van der Waals surface area contributed by atoms with Crippen LogP contribution in [-0.2, 0) is 6.54 Å². The molecule has 1 aromatic heterocycles. The number of carboxylic acids is 1. The van der Waals surface area contributed by atoms with Crippen molar-refractivity contribution in [2.45, 2.75) is 13.5 Å². The molecule has 0 radical (unpaired) electrons. The van der Waals surface area contributed by atoms with Crippen LogP contribution in [-0.4, -0.2) is 20.9 Å². The lowest BCUT2D eigenvalue weighted by Crippen LogP contribution is -1.95. The van der Waals surface area contributed by atoms with Gasteiger partial charge in [-0.25, -0.2) is 4.79 Å². The van der Waals surface area contributed by atoms with Crippen molar-refractivity contribution in [3.05, 3.63) is 28.4 Å². The monoisotopic (exact) mass is 268 g/mol. The molecule has 0 fully saturated rings. The van der Waals surface area contributed by atoms with Crippen LogP contribution < -0.4 is 0 Å². The van der Waals surface area contributed by atoms with Crippen molar-refractivity contribution in [1.82, 2.24) is 9.78 Å². The van der Waals surface area contributed by atoms with Crippen molar-refractivity contribution in [2.75, 3.05) is 0 Å². The SMILES string of the molecule is CCn1nc2ccc(C(=O)O)cc2c1Br. The first-order valence-electron chi connectivity index (χ1n) is 4.53. The van der Waals surface area contributed by atoms with Gasteiger partial charge in [-0.15, -0.1) is 0 Å². The van der Waals surface area contributed by atoms with E-state index in [-0.39, 0.29) is 5.56 Å². The summed E-state index contributed by atoms with van der Waals surface area (Å²) in [4.78, 5) is 10.8. The zero-order valence-corrected chi connectivity index (χ0v) is 9.65. The minimum atomic E-state index is -0.923. The standard InChI is InChI=1S/C10H9BrN2O2/c1-2-13-9(11)7-5-6(10(14)15)3-4-8(7)12-13/h3-5H,2H2,1H3,(H,14,15). The normalized spacial score (nSPS) is 10.8. The molecular weight excluding hydrogens is 260 g/mol. The van der Waals surface area contributed by atoms with Gasteiger partial charge in [0, 0.05) is 11.9 Å². The number of aromatic nitrogens is 2. The maximum atomic E-state index is 10.8. The molecule has 78 valence electrons. The van der Waals surface area contributed by atoms with Crippen molar-refractivity contribution in [2.24, 2.45) is 0 Å². The number of rotatable bonds is 2. The number of carboxylic acid groups (broad SMARTS) is 1. The molecule has 0 aliphatic carbocycles. The number of halogens is 1. The summed E-state index contributed by atoms with van der Waals surface area (Å²) in [5.74, 6) is -0.923. The summed E-state index contributed by atoms with van der Waals surface area (Å²) < 4.78 is 2.61. The highest BCUT2D eigenvalue weighted by molar-refractivity contribution is 9.10. The van der Waals surface area contributed by atoms with Crippen LogP contribution in [0.2, 0.25) is 0 Å². The van der Waals surface area contributed by atoms with Gasteiger partial charge in [0.15, 0.2) is 0 Å². The summed E-state index contributed by atoms with van der Waals surface area (Å²) in [6, 6.07) is 4.90. The summed E-state index contributed by atoms with van der Waals surface area (Å²) in [6.45, 7) is 2.73. The van der Waals surface area contributed by atoms with Gasteiger partial charge in [-0.3, -0.25) is 4.68 Å². The molecule has 1 N–H and O–H groups in total. The van der Waals surface area contributed by atoms with E-state index >= 15 is 0 Å². The number of aryl methyl sites for hydroxylation is 1. The molecule has 0 saturated heterocycles. The van der Waals surface area contributed by atoms with Gasteiger partial charge >= 0.3 is 5.97 Å². The van der Waals surface area contributed by atoms with E-state index in [0.29, 0.717) is 0 Å². The van der Waals surface area contributed by atoms with Gasteiger partial charge in [0.2, 0.25) is 0 Å². The lowest BCUT2D eigenvalue weighted by atomic mass is 10.2. The molecule has 0 amide bonds. The number of carbonyl (C=O) groups is 1. The van der Waals surface area contributed by atoms with Gasteiger partial charge in [-0.2, -0.15) is 5.10 Å². The first-order valence-corrected chi connectivity index (χ1v) is 5.32. The fourth-order valence-corrected chi connectivity index (χ4v) is 2.09. The lowest BCUT2D eigenvalue weighted by Gasteiger charge is -1.95. The molecule has 2 aromatic rings. The van der Waals surface area contributed by atoms with Gasteiger partial charge in [-0.05, 0) is 41.1 Å². The lowest BCUT2D eigenvalue weighted by molar-refractivity contribution is 0.0697. The third kappa shape index (κ3) is 1.63. The molecule has 0 aliphatic rings. The van der Waals surface area contributed by atoms with E-state index in [9.17, 15) is 4.79 Å². The molecule has 0 atom stereocenters. The van der Waals surface area contributed by atoms with Crippen LogP contribution in [0.15, 0.2) is 22.8 Å². The second kappa shape index (κ2) is 3.66. The number of aromatic carboxylic acids is 1. The summed E-state index contributed by atoms with van der Waals surface area (Å²) in [7, 11) is 0. The molecule has 0 aliphatic heterocycles. The third-order valence-electron chi connectivity index (χ3n) is 2.22. The van der Waals surface area contributed by atoms with Crippen molar-refractivity contribution in [3.8, 4) is 0 Å². The Hall–Kier alpha value is -1.36. The summed E-state index contributed by atoms with van der Waals surface area (Å²) >= 11 is 3.40. The van der Waals surface area contributed by atoms with Crippen LogP contribution in [0.5, 0.6) is 0 Å². The van der Waals surface area contributed by atoms with E-state index in [0.717, 1.165) is 22.1 Å². The Morgan fingerprint density at radius 1 is 1.60 bits per heavy atom. The van der Waals surface area contributed by atoms with E-state index in [1.54, 1.807) is 22.9 Å². The molecule has 2 rings (SSSR count). The molecule has 15 heavy (non-hydrogen) atoms. The topological polar surface area (TPSA) is 55.1 Å². The first kappa shape index (κ1) is 10.2. The molecule has 4 nitrogen and oxygen atoms in total. The molecule has 1 aromatic carbocycles. The maximum Gasteiger partial charge on any atom is 0.335 e. The van der Waals surface area contributed by atoms with Gasteiger partial charge in [0.05, 0.1) is 11.1 Å². The Morgan fingerprint density at radius 2 is 2.33 bits per heavy atom. The summed E-state index contributed by atoms with van der Waals surface area (Å²) in [6.07, 6.45) is 0. The first-order chi connectivity index (χ1) is 7.13. The molecule has 0 bridgehead atoms. The van der Waals surface area contributed by atoms with E-state index in [4.69, 9.17) is 5.11 Å².